The van der Waals surface area contributed by atoms with Crippen LogP contribution >= 0.6 is 0 Å². The molecule has 0 spiro atoms. The molecule has 0 saturated carbocycles. The number of hydrogen-bond donors (Lipinski definition) is 2. The summed E-state index contributed by atoms with van der Waals surface area (Å²) in [5.41, 5.74) is 2.58. The first-order valence-electron chi connectivity index (χ1n) is 8.71. The number of aryl methyl sites for hydroxylation is 1. The van der Waals surface area contributed by atoms with Crippen LogP contribution in [-0.4, -0.2) is 44.1 Å². The van der Waals surface area contributed by atoms with Crippen molar-refractivity contribution in [1.82, 2.24) is 10.2 Å². The monoisotopic (exact) mass is 357 g/mol. The van der Waals surface area contributed by atoms with Gasteiger partial charge in [-0.25, -0.2) is 4.39 Å². The van der Waals surface area contributed by atoms with Gasteiger partial charge >= 0.3 is 0 Å². The Bertz CT molecular complexity index is 781. The number of carbonyl (C=O) groups is 1. The van der Waals surface area contributed by atoms with Gasteiger partial charge in [0.1, 0.15) is 11.6 Å². The zero-order valence-electron chi connectivity index (χ0n) is 15.1. The van der Waals surface area contributed by atoms with Crippen LogP contribution in [0.5, 0.6) is 5.75 Å². The van der Waals surface area contributed by atoms with Crippen molar-refractivity contribution in [2.75, 3.05) is 38.6 Å². The average Bonchev–Trinajstić information content (AvgIpc) is 2.62. The van der Waals surface area contributed by atoms with E-state index in [4.69, 9.17) is 4.74 Å². The molecule has 1 unspecified atom stereocenters. The van der Waals surface area contributed by atoms with Crippen molar-refractivity contribution >= 4 is 11.6 Å². The summed E-state index contributed by atoms with van der Waals surface area (Å²) in [6, 6.07) is 12.2. The summed E-state index contributed by atoms with van der Waals surface area (Å²) in [6.45, 7) is 4.41. The number of amides is 1. The number of halogens is 1. The van der Waals surface area contributed by atoms with Crippen molar-refractivity contribution in [1.29, 1.82) is 0 Å². The Morgan fingerprint density at radius 1 is 1.35 bits per heavy atom. The van der Waals surface area contributed by atoms with Gasteiger partial charge in [-0.1, -0.05) is 18.2 Å². The van der Waals surface area contributed by atoms with Crippen LogP contribution in [0.3, 0.4) is 0 Å². The molecule has 0 bridgehead atoms. The lowest BCUT2D eigenvalue weighted by Crippen LogP contribution is -2.48. The molecule has 1 heterocycles. The topological polar surface area (TPSA) is 53.6 Å². The third-order valence-electron chi connectivity index (χ3n) is 4.56. The Hall–Kier alpha value is -2.44. The van der Waals surface area contributed by atoms with Crippen LogP contribution in [0.15, 0.2) is 42.5 Å². The molecule has 3 rings (SSSR count). The zero-order valence-corrected chi connectivity index (χ0v) is 15.1. The zero-order chi connectivity index (χ0) is 18.5. The summed E-state index contributed by atoms with van der Waals surface area (Å²) in [6.07, 6.45) is 0. The molecule has 0 aliphatic carbocycles. The number of anilines is 1. The molecule has 1 fully saturated rings. The van der Waals surface area contributed by atoms with Crippen LogP contribution in [0, 0.1) is 12.7 Å². The quantitative estimate of drug-likeness (QED) is 0.864. The first-order chi connectivity index (χ1) is 12.6. The Balaban J connectivity index is 1.72. The highest BCUT2D eigenvalue weighted by Crippen LogP contribution is 2.26. The molecule has 26 heavy (non-hydrogen) atoms. The maximum Gasteiger partial charge on any atom is 0.238 e. The van der Waals surface area contributed by atoms with E-state index in [0.717, 1.165) is 24.2 Å². The number of carbonyl (C=O) groups excluding carboxylic acids is 1. The van der Waals surface area contributed by atoms with E-state index in [9.17, 15) is 9.18 Å². The predicted octanol–water partition coefficient (Wildman–Crippen LogP) is 2.73. The van der Waals surface area contributed by atoms with Gasteiger partial charge in [0, 0.05) is 25.7 Å². The Labute approximate surface area is 153 Å². The van der Waals surface area contributed by atoms with Gasteiger partial charge in [-0.15, -0.1) is 0 Å². The fourth-order valence-electron chi connectivity index (χ4n) is 3.27. The fourth-order valence-corrected chi connectivity index (χ4v) is 3.27. The second-order valence-electron chi connectivity index (χ2n) is 6.50. The number of methoxy groups -OCH3 is 1. The van der Waals surface area contributed by atoms with E-state index in [-0.39, 0.29) is 24.3 Å². The number of piperazine rings is 1. The Morgan fingerprint density at radius 3 is 2.96 bits per heavy atom. The molecule has 1 amide bonds. The molecule has 5 nitrogen and oxygen atoms in total. The summed E-state index contributed by atoms with van der Waals surface area (Å²) < 4.78 is 18.9. The van der Waals surface area contributed by atoms with Gasteiger partial charge in [-0.2, -0.15) is 0 Å². The maximum absolute atomic E-state index is 13.6. The van der Waals surface area contributed by atoms with E-state index in [2.05, 4.69) is 15.5 Å². The average molecular weight is 357 g/mol. The third-order valence-corrected chi connectivity index (χ3v) is 4.56. The van der Waals surface area contributed by atoms with Gasteiger partial charge < -0.3 is 15.4 Å². The van der Waals surface area contributed by atoms with E-state index in [1.165, 1.54) is 12.1 Å². The first kappa shape index (κ1) is 18.4. The van der Waals surface area contributed by atoms with Crippen LogP contribution in [0.1, 0.15) is 17.2 Å². The summed E-state index contributed by atoms with van der Waals surface area (Å²) in [5, 5.41) is 6.25. The number of nitrogens with zero attached hydrogens (tertiary/aromatic N) is 1. The number of ether oxygens (including phenoxy) is 1. The number of rotatable bonds is 5. The van der Waals surface area contributed by atoms with Gasteiger partial charge in [0.05, 0.1) is 19.3 Å². The molecular formula is C20H24FN3O2. The van der Waals surface area contributed by atoms with Crippen molar-refractivity contribution < 1.29 is 13.9 Å². The smallest absolute Gasteiger partial charge is 0.238 e. The van der Waals surface area contributed by atoms with Crippen LogP contribution < -0.4 is 15.4 Å². The molecule has 2 N–H and O–H groups in total. The summed E-state index contributed by atoms with van der Waals surface area (Å²) >= 11 is 0. The number of benzene rings is 2. The van der Waals surface area contributed by atoms with Crippen LogP contribution in [0.25, 0.3) is 0 Å². The van der Waals surface area contributed by atoms with Gasteiger partial charge in [-0.3, -0.25) is 9.69 Å². The van der Waals surface area contributed by atoms with Crippen LogP contribution in [0.2, 0.25) is 0 Å². The normalized spacial score (nSPS) is 17.7. The largest absolute Gasteiger partial charge is 0.495 e. The molecule has 1 saturated heterocycles. The van der Waals surface area contributed by atoms with Gasteiger partial charge in [0.25, 0.3) is 0 Å². The highest BCUT2D eigenvalue weighted by Gasteiger charge is 2.26. The van der Waals surface area contributed by atoms with Crippen molar-refractivity contribution in [2.24, 2.45) is 0 Å². The molecule has 138 valence electrons. The lowest BCUT2D eigenvalue weighted by Gasteiger charge is -2.36. The van der Waals surface area contributed by atoms with Crippen molar-refractivity contribution in [3.63, 3.8) is 0 Å². The first-order valence-corrected chi connectivity index (χ1v) is 8.71. The van der Waals surface area contributed by atoms with Crippen molar-refractivity contribution in [3.05, 3.63) is 59.4 Å². The van der Waals surface area contributed by atoms with E-state index >= 15 is 0 Å². The molecule has 0 aromatic heterocycles. The standard InChI is InChI=1S/C20H24FN3O2/c1-14-6-7-19(26-2)17(10-14)23-20(25)13-24-9-8-22-12-18(24)15-4-3-5-16(21)11-15/h3-7,10-11,18,22H,8-9,12-13H2,1-2H3,(H,23,25). The second-order valence-corrected chi connectivity index (χ2v) is 6.50. The van der Waals surface area contributed by atoms with E-state index < -0.39 is 0 Å². The molecule has 0 radical (unpaired) electrons. The summed E-state index contributed by atoms with van der Waals surface area (Å²) in [7, 11) is 1.58. The van der Waals surface area contributed by atoms with Crippen molar-refractivity contribution in [2.45, 2.75) is 13.0 Å². The summed E-state index contributed by atoms with van der Waals surface area (Å²) in [4.78, 5) is 14.7. The van der Waals surface area contributed by atoms with Crippen LogP contribution in [0.4, 0.5) is 10.1 Å². The molecule has 1 aliphatic heterocycles. The second kappa shape index (κ2) is 8.29. The SMILES string of the molecule is COc1ccc(C)cc1NC(=O)CN1CCNCC1c1cccc(F)c1. The lowest BCUT2D eigenvalue weighted by molar-refractivity contribution is -0.118. The van der Waals surface area contributed by atoms with E-state index in [0.29, 0.717) is 18.0 Å². The predicted molar refractivity (Wildman–Crippen MR) is 99.9 cm³/mol. The Morgan fingerprint density at radius 2 is 2.19 bits per heavy atom. The van der Waals surface area contributed by atoms with E-state index in [1.807, 2.05) is 31.2 Å². The molecule has 2 aromatic rings. The molecule has 1 atom stereocenters. The van der Waals surface area contributed by atoms with Crippen molar-refractivity contribution in [3.8, 4) is 5.75 Å². The van der Waals surface area contributed by atoms with Gasteiger partial charge in [-0.05, 0) is 42.3 Å². The highest BCUT2D eigenvalue weighted by molar-refractivity contribution is 5.93. The maximum atomic E-state index is 13.6. The molecule has 2 aromatic carbocycles. The minimum Gasteiger partial charge on any atom is -0.495 e. The van der Waals surface area contributed by atoms with Gasteiger partial charge in [0.2, 0.25) is 5.91 Å². The van der Waals surface area contributed by atoms with Gasteiger partial charge in [0.15, 0.2) is 0 Å². The highest BCUT2D eigenvalue weighted by atomic mass is 19.1. The van der Waals surface area contributed by atoms with Crippen LogP contribution in [-0.2, 0) is 4.79 Å². The fraction of sp³-hybridized carbons (Fsp3) is 0.350. The molecular weight excluding hydrogens is 333 g/mol. The lowest BCUT2D eigenvalue weighted by atomic mass is 10.0. The number of nitrogens with one attached hydrogen (secondary N) is 2. The number of hydrogen-bond acceptors (Lipinski definition) is 4. The Kier molecular flexibility index (Phi) is 5.85. The molecule has 1 aliphatic rings. The van der Waals surface area contributed by atoms with E-state index in [1.54, 1.807) is 13.2 Å². The summed E-state index contributed by atoms with van der Waals surface area (Å²) in [5.74, 6) is 0.255. The molecule has 6 heteroatoms. The third kappa shape index (κ3) is 4.39. The minimum atomic E-state index is -0.262. The minimum absolute atomic E-state index is 0.0374.